The minimum Gasteiger partial charge on any atom is -0.495 e. The van der Waals surface area contributed by atoms with Gasteiger partial charge in [0.1, 0.15) is 22.9 Å². The molecule has 0 fully saturated rings. The van der Waals surface area contributed by atoms with Crippen LogP contribution in [0.4, 0.5) is 0 Å². The monoisotopic (exact) mass is 551 g/mol. The maximum absolute atomic E-state index is 6.61. The van der Waals surface area contributed by atoms with E-state index in [9.17, 15) is 0 Å². The molecule has 7 nitrogen and oxygen atoms in total. The van der Waals surface area contributed by atoms with Gasteiger partial charge in [0.2, 0.25) is 0 Å². The van der Waals surface area contributed by atoms with Crippen LogP contribution in [0.1, 0.15) is 42.6 Å². The molecule has 9 heteroatoms. The summed E-state index contributed by atoms with van der Waals surface area (Å²) < 4.78 is 12.8. The van der Waals surface area contributed by atoms with Crippen molar-refractivity contribution >= 4 is 39.9 Å². The fourth-order valence-corrected chi connectivity index (χ4v) is 5.56. The SMILES string of the molecule is CCN(COC)C1C=CC(c2ncc3cc(Cc4c(Cl)ccc(OC)c4Cl)c4nccn4c3n2)CC/C=C\1. The second-order valence-electron chi connectivity index (χ2n) is 9.33. The van der Waals surface area contributed by atoms with Crippen LogP contribution >= 0.6 is 23.2 Å². The Morgan fingerprint density at radius 1 is 1.11 bits per heavy atom. The van der Waals surface area contributed by atoms with Crippen molar-refractivity contribution in [3.63, 3.8) is 0 Å². The highest BCUT2D eigenvalue weighted by molar-refractivity contribution is 6.37. The molecular weight excluding hydrogens is 521 g/mol. The van der Waals surface area contributed by atoms with Gasteiger partial charge in [0, 0.05) is 60.1 Å². The molecule has 198 valence electrons. The van der Waals surface area contributed by atoms with Crippen molar-refractivity contribution < 1.29 is 9.47 Å². The summed E-state index contributed by atoms with van der Waals surface area (Å²) in [6, 6.07) is 5.83. The topological polar surface area (TPSA) is 64.8 Å². The number of rotatable bonds is 8. The van der Waals surface area contributed by atoms with Gasteiger partial charge in [-0.1, -0.05) is 54.4 Å². The van der Waals surface area contributed by atoms with E-state index in [4.69, 9.17) is 42.6 Å². The van der Waals surface area contributed by atoms with Gasteiger partial charge in [-0.05, 0) is 43.1 Å². The van der Waals surface area contributed by atoms with Crippen LogP contribution in [0, 0.1) is 0 Å². The van der Waals surface area contributed by atoms with Crippen molar-refractivity contribution in [2.24, 2.45) is 0 Å². The van der Waals surface area contributed by atoms with E-state index in [2.05, 4.69) is 47.2 Å². The summed E-state index contributed by atoms with van der Waals surface area (Å²) in [7, 11) is 3.32. The largest absolute Gasteiger partial charge is 0.495 e. The molecule has 0 saturated heterocycles. The van der Waals surface area contributed by atoms with Gasteiger partial charge >= 0.3 is 0 Å². The first-order valence-corrected chi connectivity index (χ1v) is 13.5. The zero-order valence-electron chi connectivity index (χ0n) is 21.8. The van der Waals surface area contributed by atoms with E-state index < -0.39 is 0 Å². The van der Waals surface area contributed by atoms with Gasteiger partial charge in [-0.25, -0.2) is 15.0 Å². The molecule has 3 aromatic heterocycles. The van der Waals surface area contributed by atoms with Gasteiger partial charge in [-0.15, -0.1) is 0 Å². The van der Waals surface area contributed by atoms with Gasteiger partial charge in [0.05, 0.1) is 18.9 Å². The lowest BCUT2D eigenvalue weighted by Crippen LogP contribution is -2.34. The molecule has 0 saturated carbocycles. The summed E-state index contributed by atoms with van der Waals surface area (Å²) in [6.07, 6.45) is 17.0. The fraction of sp³-hybridized carbons (Fsp3) is 0.345. The van der Waals surface area contributed by atoms with Crippen molar-refractivity contribution in [3.05, 3.63) is 88.1 Å². The number of hydrogen-bond donors (Lipinski definition) is 0. The Hall–Kier alpha value is -2.97. The van der Waals surface area contributed by atoms with Crippen LogP contribution in [0.5, 0.6) is 5.75 Å². The molecule has 1 aliphatic carbocycles. The molecule has 0 spiro atoms. The number of nitrogens with zero attached hydrogens (tertiary/aromatic N) is 5. The van der Waals surface area contributed by atoms with Crippen molar-refractivity contribution in [1.82, 2.24) is 24.3 Å². The number of halogens is 2. The summed E-state index contributed by atoms with van der Waals surface area (Å²) in [4.78, 5) is 16.7. The molecule has 2 unspecified atom stereocenters. The molecule has 38 heavy (non-hydrogen) atoms. The zero-order valence-corrected chi connectivity index (χ0v) is 23.3. The molecule has 5 rings (SSSR count). The predicted molar refractivity (Wildman–Crippen MR) is 152 cm³/mol. The molecule has 1 aromatic carbocycles. The summed E-state index contributed by atoms with van der Waals surface area (Å²) in [6.45, 7) is 3.63. The summed E-state index contributed by atoms with van der Waals surface area (Å²) in [5.41, 5.74) is 3.41. The average molecular weight is 553 g/mol. The quantitative estimate of drug-likeness (QED) is 0.185. The first-order chi connectivity index (χ1) is 18.5. The number of hydrogen-bond acceptors (Lipinski definition) is 6. The third kappa shape index (κ3) is 5.29. The Morgan fingerprint density at radius 2 is 1.97 bits per heavy atom. The van der Waals surface area contributed by atoms with Gasteiger partial charge in [0.25, 0.3) is 0 Å². The van der Waals surface area contributed by atoms with Gasteiger partial charge in [-0.3, -0.25) is 9.30 Å². The second kappa shape index (κ2) is 11.8. The summed E-state index contributed by atoms with van der Waals surface area (Å²) in [5, 5.41) is 2.02. The van der Waals surface area contributed by atoms with Crippen LogP contribution in [0.3, 0.4) is 0 Å². The van der Waals surface area contributed by atoms with Crippen LogP contribution in [0.25, 0.3) is 16.7 Å². The molecule has 0 amide bonds. The van der Waals surface area contributed by atoms with E-state index in [1.54, 1.807) is 32.5 Å². The van der Waals surface area contributed by atoms with Crippen molar-refractivity contribution in [1.29, 1.82) is 0 Å². The van der Waals surface area contributed by atoms with Crippen molar-refractivity contribution in [3.8, 4) is 5.75 Å². The normalized spacial score (nSPS) is 18.7. The lowest BCUT2D eigenvalue weighted by Gasteiger charge is -2.26. The summed E-state index contributed by atoms with van der Waals surface area (Å²) >= 11 is 13.1. The number of pyridine rings is 1. The average Bonchev–Trinajstić information content (AvgIpc) is 3.41. The molecule has 0 bridgehead atoms. The van der Waals surface area contributed by atoms with Crippen LogP contribution in [-0.4, -0.2) is 57.8 Å². The highest BCUT2D eigenvalue weighted by Crippen LogP contribution is 2.36. The molecule has 0 N–H and O–H groups in total. The number of likely N-dealkylation sites (N-methyl/N-ethyl adjacent to an activating group) is 1. The van der Waals surface area contributed by atoms with Crippen molar-refractivity contribution in [2.45, 2.75) is 38.1 Å². The lowest BCUT2D eigenvalue weighted by molar-refractivity contribution is 0.0599. The Bertz CT molecular complexity index is 1500. The van der Waals surface area contributed by atoms with E-state index in [-0.39, 0.29) is 12.0 Å². The number of imidazole rings is 1. The minimum absolute atomic E-state index is 0.112. The fourth-order valence-electron chi connectivity index (χ4n) is 4.98. The molecule has 3 heterocycles. The van der Waals surface area contributed by atoms with E-state index >= 15 is 0 Å². The second-order valence-corrected chi connectivity index (χ2v) is 10.1. The van der Waals surface area contributed by atoms with Crippen molar-refractivity contribution in [2.75, 3.05) is 27.5 Å². The zero-order chi connectivity index (χ0) is 26.6. The Morgan fingerprint density at radius 3 is 2.76 bits per heavy atom. The molecule has 2 atom stereocenters. The molecule has 1 aliphatic rings. The maximum atomic E-state index is 6.61. The highest BCUT2D eigenvalue weighted by Gasteiger charge is 2.20. The first-order valence-electron chi connectivity index (χ1n) is 12.7. The number of aromatic nitrogens is 4. The third-order valence-corrected chi connectivity index (χ3v) is 7.78. The molecular formula is C29H31Cl2N5O2. The van der Waals surface area contributed by atoms with Gasteiger partial charge in [-0.2, -0.15) is 0 Å². The van der Waals surface area contributed by atoms with Crippen LogP contribution in [0.15, 0.2) is 61.1 Å². The Labute approximate surface area is 232 Å². The third-order valence-electron chi connectivity index (χ3n) is 7.01. The van der Waals surface area contributed by atoms with E-state index in [1.165, 1.54) is 0 Å². The smallest absolute Gasteiger partial charge is 0.149 e. The van der Waals surface area contributed by atoms with E-state index in [0.717, 1.165) is 53.0 Å². The molecule has 0 radical (unpaired) electrons. The highest BCUT2D eigenvalue weighted by atomic mass is 35.5. The number of methoxy groups -OCH3 is 2. The van der Waals surface area contributed by atoms with Gasteiger partial charge < -0.3 is 9.47 Å². The minimum atomic E-state index is 0.112. The number of ether oxygens (including phenoxy) is 2. The summed E-state index contributed by atoms with van der Waals surface area (Å²) in [5.74, 6) is 1.51. The number of allylic oxidation sites excluding steroid dienone is 2. The van der Waals surface area contributed by atoms with E-state index in [0.29, 0.717) is 28.9 Å². The standard InChI is InChI=1S/C29H31Cl2N5O2/c1-4-35(18-37-2)22-8-6-5-7-19(9-10-22)27-33-17-21-15-20(28-32-13-14-36(28)29(21)34-27)16-23-24(30)11-12-25(38-3)26(23)31/h6,8-15,17,19,22H,4-5,7,16,18H2,1-3H3/b8-6-,10-9?. The van der Waals surface area contributed by atoms with E-state index in [1.807, 2.05) is 16.8 Å². The predicted octanol–water partition coefficient (Wildman–Crippen LogP) is 6.47. The number of benzene rings is 1. The molecule has 4 aromatic rings. The Balaban J connectivity index is 1.50. The number of fused-ring (bicyclic) bond motifs is 3. The maximum Gasteiger partial charge on any atom is 0.149 e. The van der Waals surface area contributed by atoms with Crippen LogP contribution < -0.4 is 4.74 Å². The van der Waals surface area contributed by atoms with Crippen LogP contribution in [-0.2, 0) is 11.2 Å². The van der Waals surface area contributed by atoms with Gasteiger partial charge in [0.15, 0.2) is 0 Å². The first kappa shape index (κ1) is 26.6. The lowest BCUT2D eigenvalue weighted by atomic mass is 9.97. The Kier molecular flexibility index (Phi) is 8.29. The molecule has 0 aliphatic heterocycles. The van der Waals surface area contributed by atoms with Crippen LogP contribution in [0.2, 0.25) is 10.0 Å².